The van der Waals surface area contributed by atoms with Gasteiger partial charge in [-0.1, -0.05) is 23.2 Å². The molecule has 0 aromatic heterocycles. The molecule has 0 radical (unpaired) electrons. The minimum absolute atomic E-state index is 0.251. The lowest BCUT2D eigenvalue weighted by molar-refractivity contribution is -0.145. The van der Waals surface area contributed by atoms with Crippen LogP contribution in [-0.2, 0) is 14.3 Å². The number of carbonyl (C=O) groups is 2. The van der Waals surface area contributed by atoms with Gasteiger partial charge in [0.1, 0.15) is 6.42 Å². The van der Waals surface area contributed by atoms with Crippen molar-refractivity contribution < 1.29 is 14.3 Å². The highest BCUT2D eigenvalue weighted by atomic mass is 35.5. The van der Waals surface area contributed by atoms with E-state index in [2.05, 4.69) is 4.74 Å². The van der Waals surface area contributed by atoms with Crippen molar-refractivity contribution in [1.29, 1.82) is 0 Å². The number of hydrogen-bond donors (Lipinski definition) is 0. The number of ether oxygens (including phenoxy) is 1. The lowest BCUT2D eigenvalue weighted by Crippen LogP contribution is -2.15. The van der Waals surface area contributed by atoms with Crippen molar-refractivity contribution in [2.75, 3.05) is 6.61 Å². The summed E-state index contributed by atoms with van der Waals surface area (Å²) in [6.45, 7) is 1.91. The molecule has 11 heavy (non-hydrogen) atoms. The van der Waals surface area contributed by atoms with E-state index in [1.54, 1.807) is 6.92 Å². The van der Waals surface area contributed by atoms with E-state index in [0.717, 1.165) is 0 Å². The van der Waals surface area contributed by atoms with Gasteiger partial charge in [-0.05, 0) is 6.92 Å². The molecule has 0 heterocycles. The highest BCUT2D eigenvalue weighted by Crippen LogP contribution is 2.05. The van der Waals surface area contributed by atoms with Gasteiger partial charge in [0.15, 0.2) is 10.6 Å². The standard InChI is InChI=1S/C6H8Cl2O3/c1-2-11-5(10)3-4(9)6(7)8/h6H,2-3H2,1H3. The SMILES string of the molecule is CCOC(=O)CC(=O)C(Cl)Cl. The monoisotopic (exact) mass is 198 g/mol. The lowest BCUT2D eigenvalue weighted by Gasteiger charge is -2.00. The summed E-state index contributed by atoms with van der Waals surface area (Å²) in [5.74, 6) is -1.13. The zero-order valence-electron chi connectivity index (χ0n) is 5.97. The van der Waals surface area contributed by atoms with Crippen molar-refractivity contribution in [2.24, 2.45) is 0 Å². The van der Waals surface area contributed by atoms with E-state index in [0.29, 0.717) is 0 Å². The first-order valence-corrected chi connectivity index (χ1v) is 3.91. The van der Waals surface area contributed by atoms with Gasteiger partial charge < -0.3 is 4.74 Å². The third kappa shape index (κ3) is 5.04. The van der Waals surface area contributed by atoms with Crippen molar-refractivity contribution in [2.45, 2.75) is 18.2 Å². The molecule has 0 spiro atoms. The summed E-state index contributed by atoms with van der Waals surface area (Å²) in [6, 6.07) is 0. The molecular weight excluding hydrogens is 191 g/mol. The average molecular weight is 199 g/mol. The van der Waals surface area contributed by atoms with Gasteiger partial charge in [-0.3, -0.25) is 9.59 Å². The molecule has 0 rings (SSSR count). The molecule has 0 aromatic rings. The second kappa shape index (κ2) is 5.38. The second-order valence-electron chi connectivity index (χ2n) is 1.75. The molecule has 0 fully saturated rings. The van der Waals surface area contributed by atoms with E-state index in [1.165, 1.54) is 0 Å². The predicted octanol–water partition coefficient (Wildman–Crippen LogP) is 1.31. The van der Waals surface area contributed by atoms with Crippen LogP contribution in [0.1, 0.15) is 13.3 Å². The second-order valence-corrected chi connectivity index (χ2v) is 2.85. The fraction of sp³-hybridized carbons (Fsp3) is 0.667. The molecule has 0 amide bonds. The zero-order valence-corrected chi connectivity index (χ0v) is 7.48. The number of Topliss-reactive ketones (excluding diaryl/α,β-unsaturated/α-hetero) is 1. The van der Waals surface area contributed by atoms with Crippen LogP contribution in [0.5, 0.6) is 0 Å². The smallest absolute Gasteiger partial charge is 0.313 e. The number of halogens is 2. The van der Waals surface area contributed by atoms with Crippen LogP contribution in [-0.4, -0.2) is 23.2 Å². The van der Waals surface area contributed by atoms with Crippen LogP contribution in [0.2, 0.25) is 0 Å². The lowest BCUT2D eigenvalue weighted by atomic mass is 10.3. The number of rotatable bonds is 4. The van der Waals surface area contributed by atoms with Crippen molar-refractivity contribution in [1.82, 2.24) is 0 Å². The van der Waals surface area contributed by atoms with E-state index in [9.17, 15) is 9.59 Å². The van der Waals surface area contributed by atoms with Crippen molar-refractivity contribution in [3.05, 3.63) is 0 Å². The van der Waals surface area contributed by atoms with Gasteiger partial charge in [-0.2, -0.15) is 0 Å². The van der Waals surface area contributed by atoms with E-state index in [1.807, 2.05) is 0 Å². The Morgan fingerprint density at radius 3 is 2.36 bits per heavy atom. The minimum atomic E-state index is -1.14. The van der Waals surface area contributed by atoms with E-state index in [4.69, 9.17) is 23.2 Å². The molecule has 0 saturated heterocycles. The summed E-state index contributed by atoms with van der Waals surface area (Å²) < 4.78 is 4.49. The van der Waals surface area contributed by atoms with E-state index < -0.39 is 16.6 Å². The Hall–Kier alpha value is -0.280. The van der Waals surface area contributed by atoms with Crippen LogP contribution in [0, 0.1) is 0 Å². The topological polar surface area (TPSA) is 43.4 Å². The van der Waals surface area contributed by atoms with Gasteiger partial charge in [0, 0.05) is 0 Å². The largest absolute Gasteiger partial charge is 0.466 e. The quantitative estimate of drug-likeness (QED) is 0.389. The predicted molar refractivity (Wildman–Crippen MR) is 41.8 cm³/mol. The first-order valence-electron chi connectivity index (χ1n) is 3.04. The minimum Gasteiger partial charge on any atom is -0.466 e. The van der Waals surface area contributed by atoms with Crippen molar-refractivity contribution in [3.8, 4) is 0 Å². The first-order chi connectivity index (χ1) is 5.07. The van der Waals surface area contributed by atoms with Crippen molar-refractivity contribution >= 4 is 35.0 Å². The maximum absolute atomic E-state index is 10.7. The van der Waals surface area contributed by atoms with Gasteiger partial charge >= 0.3 is 5.97 Å². The summed E-state index contributed by atoms with van der Waals surface area (Å²) in [6.07, 6.45) is -0.356. The molecule has 0 unspecified atom stereocenters. The number of hydrogen-bond acceptors (Lipinski definition) is 3. The third-order valence-corrected chi connectivity index (χ3v) is 1.35. The molecule has 0 aliphatic heterocycles. The van der Waals surface area contributed by atoms with Crippen LogP contribution in [0.3, 0.4) is 0 Å². The van der Waals surface area contributed by atoms with Crippen LogP contribution in [0.15, 0.2) is 0 Å². The molecule has 3 nitrogen and oxygen atoms in total. The van der Waals surface area contributed by atoms with Gasteiger partial charge in [0.25, 0.3) is 0 Å². The molecule has 5 heteroatoms. The van der Waals surface area contributed by atoms with E-state index >= 15 is 0 Å². The fourth-order valence-electron chi connectivity index (χ4n) is 0.431. The summed E-state index contributed by atoms with van der Waals surface area (Å²) in [7, 11) is 0. The maximum atomic E-state index is 10.7. The molecule has 0 aliphatic rings. The molecule has 0 saturated carbocycles. The Morgan fingerprint density at radius 2 is 2.00 bits per heavy atom. The van der Waals surface area contributed by atoms with Crippen LogP contribution >= 0.6 is 23.2 Å². The van der Waals surface area contributed by atoms with Crippen LogP contribution in [0.25, 0.3) is 0 Å². The molecule has 0 bridgehead atoms. The fourth-order valence-corrected chi connectivity index (χ4v) is 0.586. The first kappa shape index (κ1) is 10.7. The third-order valence-electron chi connectivity index (χ3n) is 0.867. The van der Waals surface area contributed by atoms with Gasteiger partial charge in [-0.25, -0.2) is 0 Å². The average Bonchev–Trinajstić information content (AvgIpc) is 1.87. The van der Waals surface area contributed by atoms with E-state index in [-0.39, 0.29) is 13.0 Å². The maximum Gasteiger partial charge on any atom is 0.313 e. The summed E-state index contributed by atoms with van der Waals surface area (Å²) in [5.41, 5.74) is 0. The normalized spacial score (nSPS) is 9.82. The summed E-state index contributed by atoms with van der Waals surface area (Å²) >= 11 is 10.4. The van der Waals surface area contributed by atoms with Gasteiger partial charge in [-0.15, -0.1) is 0 Å². The molecule has 0 atom stereocenters. The molecule has 0 N–H and O–H groups in total. The Kier molecular flexibility index (Phi) is 5.24. The molecule has 0 aromatic carbocycles. The van der Waals surface area contributed by atoms with Crippen molar-refractivity contribution in [3.63, 3.8) is 0 Å². The Labute approximate surface area is 74.6 Å². The highest BCUT2D eigenvalue weighted by Gasteiger charge is 2.16. The van der Waals surface area contributed by atoms with Gasteiger partial charge in [0.2, 0.25) is 0 Å². The Morgan fingerprint density at radius 1 is 1.45 bits per heavy atom. The molecular formula is C6H8Cl2O3. The number of ketones is 1. The number of esters is 1. The highest BCUT2D eigenvalue weighted by molar-refractivity contribution is 6.54. The zero-order chi connectivity index (χ0) is 8.85. The number of alkyl halides is 2. The summed E-state index contributed by atoms with van der Waals surface area (Å²) in [4.78, 5) is 20.1. The Balaban J connectivity index is 3.67. The molecule has 64 valence electrons. The van der Waals surface area contributed by atoms with Gasteiger partial charge in [0.05, 0.1) is 6.61 Å². The van der Waals surface area contributed by atoms with Crippen LogP contribution < -0.4 is 0 Å². The molecule has 0 aliphatic carbocycles. The van der Waals surface area contributed by atoms with Crippen LogP contribution in [0.4, 0.5) is 0 Å². The Bertz CT molecular complexity index is 156. The summed E-state index contributed by atoms with van der Waals surface area (Å²) in [5, 5.41) is 0. The number of carbonyl (C=O) groups excluding carboxylic acids is 2.